The lowest BCUT2D eigenvalue weighted by molar-refractivity contribution is 0.102. The van der Waals surface area contributed by atoms with E-state index in [1.54, 1.807) is 18.2 Å². The van der Waals surface area contributed by atoms with Crippen molar-refractivity contribution in [3.63, 3.8) is 0 Å². The normalized spacial score (nSPS) is 15.7. The van der Waals surface area contributed by atoms with Crippen LogP contribution < -0.4 is 5.32 Å². The van der Waals surface area contributed by atoms with Gasteiger partial charge in [0.05, 0.1) is 10.6 Å². The van der Waals surface area contributed by atoms with Crippen LogP contribution in [0, 0.1) is 3.57 Å². The van der Waals surface area contributed by atoms with Gasteiger partial charge in [-0.25, -0.2) is 8.42 Å². The molecule has 25 heavy (non-hydrogen) atoms. The zero-order valence-electron chi connectivity index (χ0n) is 13.6. The van der Waals surface area contributed by atoms with Crippen molar-refractivity contribution in [2.75, 3.05) is 18.4 Å². The molecular weight excluding hydrogens is 451 g/mol. The Morgan fingerprint density at radius 2 is 1.72 bits per heavy atom. The molecule has 1 saturated heterocycles. The molecule has 0 saturated carbocycles. The first kappa shape index (κ1) is 18.3. The molecule has 1 aliphatic heterocycles. The maximum absolute atomic E-state index is 12.8. The number of carbonyl (C=O) groups excluding carboxylic acids is 1. The number of para-hydroxylation sites is 1. The maximum atomic E-state index is 12.8. The van der Waals surface area contributed by atoms with Crippen LogP contribution in [-0.4, -0.2) is 31.7 Å². The molecule has 2 aromatic carbocycles. The lowest BCUT2D eigenvalue weighted by atomic mass is 10.2. The van der Waals surface area contributed by atoms with Crippen molar-refractivity contribution >= 4 is 44.2 Å². The Hall–Kier alpha value is -1.45. The zero-order chi connectivity index (χ0) is 17.9. The monoisotopic (exact) mass is 470 g/mol. The van der Waals surface area contributed by atoms with Gasteiger partial charge in [-0.3, -0.25) is 4.79 Å². The SMILES string of the molecule is O=C(Nc1ccccc1I)c1cccc(S(=O)(=O)N2CCCCC2)c1. The van der Waals surface area contributed by atoms with Gasteiger partial charge in [0.2, 0.25) is 10.0 Å². The first-order valence-electron chi connectivity index (χ1n) is 8.14. The van der Waals surface area contributed by atoms with E-state index in [0.29, 0.717) is 24.3 Å². The van der Waals surface area contributed by atoms with Crippen LogP contribution in [-0.2, 0) is 10.0 Å². The van der Waals surface area contributed by atoms with Gasteiger partial charge < -0.3 is 5.32 Å². The van der Waals surface area contributed by atoms with Crippen molar-refractivity contribution in [3.8, 4) is 0 Å². The average Bonchev–Trinajstić information content (AvgIpc) is 2.64. The molecule has 3 rings (SSSR count). The Kier molecular flexibility index (Phi) is 5.75. The first-order chi connectivity index (χ1) is 12.0. The Bertz CT molecular complexity index is 877. The van der Waals surface area contributed by atoms with Gasteiger partial charge in [0, 0.05) is 22.2 Å². The van der Waals surface area contributed by atoms with Gasteiger partial charge in [-0.05, 0) is 65.8 Å². The van der Waals surface area contributed by atoms with E-state index in [2.05, 4.69) is 27.9 Å². The molecule has 0 spiro atoms. The summed E-state index contributed by atoms with van der Waals surface area (Å²) in [5.41, 5.74) is 1.04. The number of amides is 1. The summed E-state index contributed by atoms with van der Waals surface area (Å²) < 4.78 is 28.0. The van der Waals surface area contributed by atoms with E-state index < -0.39 is 10.0 Å². The molecule has 1 N–H and O–H groups in total. The van der Waals surface area contributed by atoms with Gasteiger partial charge in [-0.15, -0.1) is 0 Å². The second-order valence-corrected chi connectivity index (χ2v) is 9.03. The van der Waals surface area contributed by atoms with Crippen molar-refractivity contribution in [2.45, 2.75) is 24.2 Å². The molecule has 0 bridgehead atoms. The lowest BCUT2D eigenvalue weighted by Crippen LogP contribution is -2.35. The van der Waals surface area contributed by atoms with E-state index in [-0.39, 0.29) is 10.8 Å². The topological polar surface area (TPSA) is 66.5 Å². The molecule has 0 aliphatic carbocycles. The third-order valence-electron chi connectivity index (χ3n) is 4.17. The minimum absolute atomic E-state index is 0.171. The number of rotatable bonds is 4. The van der Waals surface area contributed by atoms with E-state index in [9.17, 15) is 13.2 Å². The van der Waals surface area contributed by atoms with Crippen molar-refractivity contribution in [2.24, 2.45) is 0 Å². The third-order valence-corrected chi connectivity index (χ3v) is 7.01. The van der Waals surface area contributed by atoms with Gasteiger partial charge in [0.25, 0.3) is 5.91 Å². The van der Waals surface area contributed by atoms with Crippen LogP contribution in [0.5, 0.6) is 0 Å². The van der Waals surface area contributed by atoms with Crippen molar-refractivity contribution in [3.05, 3.63) is 57.7 Å². The summed E-state index contributed by atoms with van der Waals surface area (Å²) in [6.07, 6.45) is 2.82. The lowest BCUT2D eigenvalue weighted by Gasteiger charge is -2.26. The summed E-state index contributed by atoms with van der Waals surface area (Å²) in [5, 5.41) is 2.83. The van der Waals surface area contributed by atoms with Crippen LogP contribution in [0.25, 0.3) is 0 Å². The molecule has 0 aromatic heterocycles. The summed E-state index contributed by atoms with van der Waals surface area (Å²) in [4.78, 5) is 12.7. The molecule has 0 atom stereocenters. The largest absolute Gasteiger partial charge is 0.321 e. The maximum Gasteiger partial charge on any atom is 0.255 e. The number of anilines is 1. The number of halogens is 1. The van der Waals surface area contributed by atoms with Crippen molar-refractivity contribution in [1.82, 2.24) is 4.31 Å². The Labute approximate surface area is 161 Å². The number of piperidine rings is 1. The van der Waals surface area contributed by atoms with Crippen molar-refractivity contribution in [1.29, 1.82) is 0 Å². The highest BCUT2D eigenvalue weighted by molar-refractivity contribution is 14.1. The molecule has 1 amide bonds. The molecule has 0 radical (unpaired) electrons. The van der Waals surface area contributed by atoms with Crippen LogP contribution in [0.15, 0.2) is 53.4 Å². The number of nitrogens with zero attached hydrogens (tertiary/aromatic N) is 1. The summed E-state index contributed by atoms with van der Waals surface area (Å²) in [5.74, 6) is -0.320. The number of hydrogen-bond donors (Lipinski definition) is 1. The van der Waals surface area contributed by atoms with Crippen LogP contribution in [0.3, 0.4) is 0 Å². The molecule has 2 aromatic rings. The van der Waals surface area contributed by atoms with Gasteiger partial charge >= 0.3 is 0 Å². The quantitative estimate of drug-likeness (QED) is 0.693. The molecular formula is C18H19IN2O3S. The second kappa shape index (κ2) is 7.84. The molecule has 1 heterocycles. The van der Waals surface area contributed by atoms with E-state index in [1.165, 1.54) is 10.4 Å². The van der Waals surface area contributed by atoms with E-state index in [1.807, 2.05) is 24.3 Å². The molecule has 0 unspecified atom stereocenters. The molecule has 1 fully saturated rings. The highest BCUT2D eigenvalue weighted by Gasteiger charge is 2.26. The number of carbonyl (C=O) groups is 1. The second-order valence-electron chi connectivity index (χ2n) is 5.93. The Balaban J connectivity index is 1.83. The fraction of sp³-hybridized carbons (Fsp3) is 0.278. The fourth-order valence-corrected chi connectivity index (χ4v) is 4.89. The Morgan fingerprint density at radius 1 is 1.00 bits per heavy atom. The van der Waals surface area contributed by atoms with Crippen LogP contribution in [0.4, 0.5) is 5.69 Å². The van der Waals surface area contributed by atoms with Gasteiger partial charge in [-0.1, -0.05) is 24.6 Å². The highest BCUT2D eigenvalue weighted by atomic mass is 127. The number of benzene rings is 2. The standard InChI is InChI=1S/C18H19IN2O3S/c19-16-9-2-3-10-17(16)20-18(22)14-7-6-8-15(13-14)25(23,24)21-11-4-1-5-12-21/h2-3,6-10,13H,1,4-5,11-12H2,(H,20,22). The van der Waals surface area contributed by atoms with Crippen LogP contribution in [0.1, 0.15) is 29.6 Å². The number of hydrogen-bond acceptors (Lipinski definition) is 3. The smallest absolute Gasteiger partial charge is 0.255 e. The van der Waals surface area contributed by atoms with E-state index >= 15 is 0 Å². The fourth-order valence-electron chi connectivity index (χ4n) is 2.81. The minimum Gasteiger partial charge on any atom is -0.321 e. The van der Waals surface area contributed by atoms with Gasteiger partial charge in [0.15, 0.2) is 0 Å². The first-order valence-corrected chi connectivity index (χ1v) is 10.7. The predicted molar refractivity (Wildman–Crippen MR) is 106 cm³/mol. The third kappa shape index (κ3) is 4.21. The summed E-state index contributed by atoms with van der Waals surface area (Å²) in [7, 11) is -3.55. The van der Waals surface area contributed by atoms with E-state index in [0.717, 1.165) is 22.8 Å². The average molecular weight is 470 g/mol. The zero-order valence-corrected chi connectivity index (χ0v) is 16.6. The highest BCUT2D eigenvalue weighted by Crippen LogP contribution is 2.22. The number of sulfonamides is 1. The summed E-state index contributed by atoms with van der Waals surface area (Å²) in [6.45, 7) is 1.09. The van der Waals surface area contributed by atoms with Gasteiger partial charge in [0.1, 0.15) is 0 Å². The van der Waals surface area contributed by atoms with E-state index in [4.69, 9.17) is 0 Å². The Morgan fingerprint density at radius 3 is 2.44 bits per heavy atom. The number of nitrogens with one attached hydrogen (secondary N) is 1. The summed E-state index contributed by atoms with van der Waals surface area (Å²) in [6, 6.07) is 13.7. The predicted octanol–water partition coefficient (Wildman–Crippen LogP) is 3.72. The molecule has 132 valence electrons. The van der Waals surface area contributed by atoms with Crippen molar-refractivity contribution < 1.29 is 13.2 Å². The summed E-state index contributed by atoms with van der Waals surface area (Å²) >= 11 is 2.14. The van der Waals surface area contributed by atoms with Gasteiger partial charge in [-0.2, -0.15) is 4.31 Å². The minimum atomic E-state index is -3.55. The molecule has 1 aliphatic rings. The molecule has 5 nitrogen and oxygen atoms in total. The molecule has 7 heteroatoms. The van der Waals surface area contributed by atoms with Crippen LogP contribution >= 0.6 is 22.6 Å². The van der Waals surface area contributed by atoms with Crippen LogP contribution in [0.2, 0.25) is 0 Å².